The van der Waals surface area contributed by atoms with Crippen LogP contribution < -0.4 is 0 Å². The van der Waals surface area contributed by atoms with Gasteiger partial charge in [0.15, 0.2) is 0 Å². The van der Waals surface area contributed by atoms with Crippen molar-refractivity contribution in [2.24, 2.45) is 0 Å². The lowest BCUT2D eigenvalue weighted by Crippen LogP contribution is -2.54. The molecule has 2 heterocycles. The average molecular weight is 300 g/mol. The molecule has 2 aliphatic rings. The van der Waals surface area contributed by atoms with Crippen molar-refractivity contribution in [3.63, 3.8) is 0 Å². The van der Waals surface area contributed by atoms with E-state index in [0.717, 1.165) is 37.9 Å². The summed E-state index contributed by atoms with van der Waals surface area (Å²) in [6, 6.07) is 0.890. The van der Waals surface area contributed by atoms with Crippen LogP contribution in [0, 0.1) is 5.82 Å². The quantitative estimate of drug-likeness (QED) is 0.831. The van der Waals surface area contributed by atoms with E-state index in [0.29, 0.717) is 13.2 Å². The van der Waals surface area contributed by atoms with Gasteiger partial charge in [0.25, 0.3) is 0 Å². The molecule has 1 aromatic heterocycles. The minimum Gasteiger partial charge on any atom is -0.375 e. The Morgan fingerprint density at radius 1 is 1.30 bits per heavy atom. The largest absolute Gasteiger partial charge is 0.375 e. The van der Waals surface area contributed by atoms with Gasteiger partial charge in [-0.1, -0.05) is 12.8 Å². The Labute approximate surface area is 117 Å². The molecule has 0 spiro atoms. The highest BCUT2D eigenvalue weighted by Crippen LogP contribution is 2.32. The van der Waals surface area contributed by atoms with Crippen LogP contribution in [-0.4, -0.2) is 43.0 Å². The number of hydrogen-bond donors (Lipinski definition) is 0. The number of aromatic nitrogens is 1. The molecule has 3 rings (SSSR count). The van der Waals surface area contributed by atoms with Gasteiger partial charge in [0.2, 0.25) is 10.0 Å². The number of sulfonamides is 1. The van der Waals surface area contributed by atoms with E-state index in [-0.39, 0.29) is 17.0 Å². The van der Waals surface area contributed by atoms with E-state index in [1.165, 1.54) is 10.5 Å². The molecule has 0 amide bonds. The van der Waals surface area contributed by atoms with Gasteiger partial charge in [0.1, 0.15) is 10.7 Å². The Kier molecular flexibility index (Phi) is 3.74. The highest BCUT2D eigenvalue weighted by Gasteiger charge is 2.40. The first-order valence-corrected chi connectivity index (χ1v) is 8.27. The van der Waals surface area contributed by atoms with Crippen molar-refractivity contribution in [2.75, 3.05) is 13.2 Å². The van der Waals surface area contributed by atoms with Crippen molar-refractivity contribution in [3.05, 3.63) is 24.3 Å². The van der Waals surface area contributed by atoms with Crippen LogP contribution in [0.2, 0.25) is 0 Å². The van der Waals surface area contributed by atoms with Crippen molar-refractivity contribution < 1.29 is 17.5 Å². The van der Waals surface area contributed by atoms with Gasteiger partial charge in [-0.3, -0.25) is 4.98 Å². The number of rotatable bonds is 2. The molecular weight excluding hydrogens is 283 g/mol. The zero-order chi connectivity index (χ0) is 14.2. The highest BCUT2D eigenvalue weighted by atomic mass is 32.2. The topological polar surface area (TPSA) is 59.5 Å². The van der Waals surface area contributed by atoms with E-state index in [1.54, 1.807) is 0 Å². The van der Waals surface area contributed by atoms with E-state index < -0.39 is 15.8 Å². The molecular formula is C13H17FN2O3S. The first-order valence-electron chi connectivity index (χ1n) is 6.83. The second-order valence-electron chi connectivity index (χ2n) is 5.22. The number of halogens is 1. The lowest BCUT2D eigenvalue weighted by Gasteiger charge is -2.42. The molecule has 5 nitrogen and oxygen atoms in total. The summed E-state index contributed by atoms with van der Waals surface area (Å²) in [5.41, 5.74) is 0. The van der Waals surface area contributed by atoms with Gasteiger partial charge in [-0.05, 0) is 18.9 Å². The van der Waals surface area contributed by atoms with Crippen molar-refractivity contribution >= 4 is 10.0 Å². The molecule has 1 aliphatic carbocycles. The predicted molar refractivity (Wildman–Crippen MR) is 70.1 cm³/mol. The standard InChI is InChI=1S/C13H17FN2O3S/c14-10-7-11(9-15-8-10)20(17,18)16-5-6-19-13-4-2-1-3-12(13)16/h7-9,12-13H,1-6H2/t12-,13-/m1/s1. The Bertz CT molecular complexity index is 591. The summed E-state index contributed by atoms with van der Waals surface area (Å²) < 4.78 is 45.7. The number of pyridine rings is 1. The number of fused-ring (bicyclic) bond motifs is 1. The summed E-state index contributed by atoms with van der Waals surface area (Å²) in [6.07, 6.45) is 5.92. The molecule has 1 aliphatic heterocycles. The number of hydrogen-bond acceptors (Lipinski definition) is 4. The van der Waals surface area contributed by atoms with E-state index >= 15 is 0 Å². The Balaban J connectivity index is 1.93. The molecule has 1 saturated heterocycles. The molecule has 1 saturated carbocycles. The Morgan fingerprint density at radius 2 is 2.10 bits per heavy atom. The van der Waals surface area contributed by atoms with E-state index in [1.807, 2.05) is 0 Å². The van der Waals surface area contributed by atoms with Crippen LogP contribution in [0.4, 0.5) is 4.39 Å². The summed E-state index contributed by atoms with van der Waals surface area (Å²) in [6.45, 7) is 0.711. The molecule has 2 atom stereocenters. The van der Waals surface area contributed by atoms with E-state index in [4.69, 9.17) is 4.74 Å². The van der Waals surface area contributed by atoms with Crippen molar-refractivity contribution in [3.8, 4) is 0 Å². The highest BCUT2D eigenvalue weighted by molar-refractivity contribution is 7.89. The summed E-state index contributed by atoms with van der Waals surface area (Å²) in [7, 11) is -3.70. The minimum absolute atomic E-state index is 0.0335. The van der Waals surface area contributed by atoms with Gasteiger partial charge < -0.3 is 4.74 Å². The van der Waals surface area contributed by atoms with Crippen LogP contribution in [0.1, 0.15) is 25.7 Å². The van der Waals surface area contributed by atoms with E-state index in [2.05, 4.69) is 4.98 Å². The SMILES string of the molecule is O=S(=O)(c1cncc(F)c1)N1CCO[C@@H]2CCCC[C@H]21. The molecule has 20 heavy (non-hydrogen) atoms. The third-order valence-corrected chi connectivity index (χ3v) is 5.86. The first kappa shape index (κ1) is 13.9. The fraction of sp³-hybridized carbons (Fsp3) is 0.615. The van der Waals surface area contributed by atoms with Crippen LogP contribution in [0.5, 0.6) is 0 Å². The van der Waals surface area contributed by atoms with Crippen molar-refractivity contribution in [1.82, 2.24) is 9.29 Å². The number of ether oxygens (including phenoxy) is 1. The monoisotopic (exact) mass is 300 g/mol. The van der Waals surface area contributed by atoms with Crippen LogP contribution in [0.3, 0.4) is 0 Å². The summed E-state index contributed by atoms with van der Waals surface area (Å²) in [5.74, 6) is -0.639. The zero-order valence-corrected chi connectivity index (χ0v) is 11.9. The van der Waals surface area contributed by atoms with Gasteiger partial charge in [0.05, 0.1) is 24.9 Å². The summed E-state index contributed by atoms with van der Waals surface area (Å²) >= 11 is 0. The molecule has 0 radical (unpaired) electrons. The Hall–Kier alpha value is -1.05. The zero-order valence-electron chi connectivity index (χ0n) is 11.0. The second kappa shape index (κ2) is 5.38. The van der Waals surface area contributed by atoms with Gasteiger partial charge >= 0.3 is 0 Å². The summed E-state index contributed by atoms with van der Waals surface area (Å²) in [5, 5.41) is 0. The molecule has 7 heteroatoms. The third-order valence-electron chi connectivity index (χ3n) is 3.97. The van der Waals surface area contributed by atoms with Crippen LogP contribution >= 0.6 is 0 Å². The molecule has 110 valence electrons. The van der Waals surface area contributed by atoms with Gasteiger partial charge in [-0.15, -0.1) is 0 Å². The fourth-order valence-corrected chi connectivity index (χ4v) is 4.67. The van der Waals surface area contributed by atoms with Crippen LogP contribution in [-0.2, 0) is 14.8 Å². The second-order valence-corrected chi connectivity index (χ2v) is 7.11. The molecule has 0 N–H and O–H groups in total. The number of nitrogens with zero attached hydrogens (tertiary/aromatic N) is 2. The average Bonchev–Trinajstić information content (AvgIpc) is 2.46. The van der Waals surface area contributed by atoms with Crippen molar-refractivity contribution in [1.29, 1.82) is 0 Å². The van der Waals surface area contributed by atoms with Gasteiger partial charge in [-0.25, -0.2) is 12.8 Å². The molecule has 2 fully saturated rings. The third kappa shape index (κ3) is 2.45. The molecule has 0 aromatic carbocycles. The minimum atomic E-state index is -3.70. The maximum Gasteiger partial charge on any atom is 0.245 e. The summed E-state index contributed by atoms with van der Waals surface area (Å²) in [4.78, 5) is 3.56. The molecule has 1 aromatic rings. The first-order chi connectivity index (χ1) is 9.59. The van der Waals surface area contributed by atoms with Gasteiger partial charge in [-0.2, -0.15) is 4.31 Å². The van der Waals surface area contributed by atoms with Crippen LogP contribution in [0.25, 0.3) is 0 Å². The maximum atomic E-state index is 13.2. The predicted octanol–water partition coefficient (Wildman–Crippen LogP) is 1.55. The smallest absolute Gasteiger partial charge is 0.245 e. The van der Waals surface area contributed by atoms with Crippen molar-refractivity contribution in [2.45, 2.75) is 42.7 Å². The number of morpholine rings is 1. The Morgan fingerprint density at radius 3 is 2.90 bits per heavy atom. The lowest BCUT2D eigenvalue weighted by atomic mass is 9.91. The van der Waals surface area contributed by atoms with E-state index in [9.17, 15) is 12.8 Å². The van der Waals surface area contributed by atoms with Gasteiger partial charge in [0, 0.05) is 12.7 Å². The maximum absolute atomic E-state index is 13.2. The molecule has 0 bridgehead atoms. The fourth-order valence-electron chi connectivity index (χ4n) is 3.03. The lowest BCUT2D eigenvalue weighted by molar-refractivity contribution is -0.0586. The molecule has 0 unspecified atom stereocenters. The van der Waals surface area contributed by atoms with Crippen LogP contribution in [0.15, 0.2) is 23.4 Å². The normalized spacial score (nSPS) is 28.1.